The third-order valence-electron chi connectivity index (χ3n) is 3.75. The Labute approximate surface area is 160 Å². The number of nitrogens with zero attached hydrogens (tertiary/aromatic N) is 3. The lowest BCUT2D eigenvalue weighted by Crippen LogP contribution is -2.17. The van der Waals surface area contributed by atoms with Crippen LogP contribution in [0.1, 0.15) is 26.5 Å². The van der Waals surface area contributed by atoms with Gasteiger partial charge in [0.15, 0.2) is 5.82 Å². The molecule has 3 rings (SSSR count). The Morgan fingerprint density at radius 3 is 2.21 bits per heavy atom. The van der Waals surface area contributed by atoms with Gasteiger partial charge in [-0.2, -0.15) is 0 Å². The van der Waals surface area contributed by atoms with Crippen LogP contribution < -0.4 is 10.1 Å². The van der Waals surface area contributed by atoms with Crippen molar-refractivity contribution in [1.82, 2.24) is 15.0 Å². The molecule has 2 heterocycles. The number of alkyl halides is 3. The van der Waals surface area contributed by atoms with Gasteiger partial charge in [-0.15, -0.1) is 13.2 Å². The normalized spacial score (nSPS) is 11.9. The lowest BCUT2D eigenvalue weighted by Gasteiger charge is -2.19. The predicted octanol–water partition coefficient (Wildman–Crippen LogP) is 5.48. The van der Waals surface area contributed by atoms with Gasteiger partial charge in [0.05, 0.1) is 5.69 Å². The third-order valence-corrected chi connectivity index (χ3v) is 3.75. The molecule has 0 bridgehead atoms. The Morgan fingerprint density at radius 2 is 1.64 bits per heavy atom. The number of pyridine rings is 1. The highest BCUT2D eigenvalue weighted by molar-refractivity contribution is 5.61. The summed E-state index contributed by atoms with van der Waals surface area (Å²) in [6.07, 6.45) is -3.06. The number of nitrogens with one attached hydrogen (secondary N) is 1. The molecule has 0 aliphatic heterocycles. The molecule has 0 amide bonds. The van der Waals surface area contributed by atoms with Gasteiger partial charge >= 0.3 is 6.36 Å². The zero-order chi connectivity index (χ0) is 20.4. The summed E-state index contributed by atoms with van der Waals surface area (Å²) < 4.78 is 40.8. The Bertz CT molecular complexity index is 936. The quantitative estimate of drug-likeness (QED) is 0.641. The first kappa shape index (κ1) is 19.6. The minimum absolute atomic E-state index is 0.229. The van der Waals surface area contributed by atoms with Crippen LogP contribution in [-0.4, -0.2) is 21.3 Å². The minimum atomic E-state index is -4.72. The van der Waals surface area contributed by atoms with Crippen molar-refractivity contribution in [3.8, 4) is 17.3 Å². The molecule has 146 valence electrons. The molecule has 0 saturated heterocycles. The molecular weight excluding hydrogens is 369 g/mol. The van der Waals surface area contributed by atoms with Gasteiger partial charge in [-0.1, -0.05) is 26.8 Å². The Hall–Kier alpha value is -3.16. The topological polar surface area (TPSA) is 59.9 Å². The van der Waals surface area contributed by atoms with Crippen molar-refractivity contribution in [3.05, 3.63) is 60.4 Å². The molecule has 0 fully saturated rings. The number of aromatic nitrogens is 3. The average molecular weight is 388 g/mol. The molecule has 0 atom stereocenters. The van der Waals surface area contributed by atoms with Gasteiger partial charge in [-0.3, -0.25) is 4.98 Å². The highest BCUT2D eigenvalue weighted by atomic mass is 19.4. The Morgan fingerprint density at radius 1 is 0.929 bits per heavy atom. The summed E-state index contributed by atoms with van der Waals surface area (Å²) in [5.74, 6) is 0.697. The molecule has 0 saturated carbocycles. The van der Waals surface area contributed by atoms with Crippen LogP contribution in [0.15, 0.2) is 54.7 Å². The monoisotopic (exact) mass is 388 g/mol. The lowest BCUT2D eigenvalue weighted by atomic mass is 9.92. The molecule has 1 aromatic carbocycles. The van der Waals surface area contributed by atoms with Crippen molar-refractivity contribution >= 4 is 11.5 Å². The standard InChI is InChI=1S/C20H19F3N4O/c1-19(2,3)16-12-17(27-18(26-16)15-6-4-5-11-24-15)25-13-7-9-14(10-8-13)28-20(21,22)23/h4-12H,1-3H3,(H,25,26,27). The van der Waals surface area contributed by atoms with Crippen LogP contribution in [0, 0.1) is 0 Å². The zero-order valence-electron chi connectivity index (χ0n) is 15.6. The second-order valence-corrected chi connectivity index (χ2v) is 7.12. The smallest absolute Gasteiger partial charge is 0.406 e. The van der Waals surface area contributed by atoms with Crippen molar-refractivity contribution in [2.24, 2.45) is 0 Å². The van der Waals surface area contributed by atoms with Gasteiger partial charge in [0.1, 0.15) is 17.3 Å². The Kier molecular flexibility index (Phi) is 5.22. The first-order valence-corrected chi connectivity index (χ1v) is 8.54. The summed E-state index contributed by atoms with van der Waals surface area (Å²) in [6, 6.07) is 12.7. The molecule has 28 heavy (non-hydrogen) atoms. The van der Waals surface area contributed by atoms with Crippen molar-refractivity contribution < 1.29 is 17.9 Å². The van der Waals surface area contributed by atoms with Crippen LogP contribution in [0.3, 0.4) is 0 Å². The van der Waals surface area contributed by atoms with Crippen LogP contribution in [0.25, 0.3) is 11.5 Å². The van der Waals surface area contributed by atoms with Gasteiger partial charge in [0, 0.05) is 23.4 Å². The molecule has 1 N–H and O–H groups in total. The van der Waals surface area contributed by atoms with Crippen molar-refractivity contribution in [1.29, 1.82) is 0 Å². The summed E-state index contributed by atoms with van der Waals surface area (Å²) in [6.45, 7) is 6.10. The number of rotatable bonds is 4. The van der Waals surface area contributed by atoms with E-state index in [0.717, 1.165) is 5.69 Å². The van der Waals surface area contributed by atoms with Crippen LogP contribution in [0.4, 0.5) is 24.7 Å². The largest absolute Gasteiger partial charge is 0.573 e. The molecule has 8 heteroatoms. The number of halogens is 3. The molecule has 0 unspecified atom stereocenters. The maximum atomic E-state index is 12.3. The van der Waals surface area contributed by atoms with Gasteiger partial charge in [0.25, 0.3) is 0 Å². The van der Waals surface area contributed by atoms with Crippen molar-refractivity contribution in [2.45, 2.75) is 32.5 Å². The van der Waals surface area contributed by atoms with E-state index in [-0.39, 0.29) is 11.2 Å². The lowest BCUT2D eigenvalue weighted by molar-refractivity contribution is -0.274. The maximum Gasteiger partial charge on any atom is 0.573 e. The minimum Gasteiger partial charge on any atom is -0.406 e. The first-order chi connectivity index (χ1) is 13.1. The molecule has 0 radical (unpaired) electrons. The van der Waals surface area contributed by atoms with E-state index in [9.17, 15) is 13.2 Å². The van der Waals surface area contributed by atoms with Crippen molar-refractivity contribution in [2.75, 3.05) is 5.32 Å². The van der Waals surface area contributed by atoms with E-state index < -0.39 is 6.36 Å². The zero-order valence-corrected chi connectivity index (χ0v) is 15.6. The molecule has 0 aliphatic carbocycles. The summed E-state index contributed by atoms with van der Waals surface area (Å²) in [5.41, 5.74) is 1.78. The number of anilines is 2. The number of benzene rings is 1. The SMILES string of the molecule is CC(C)(C)c1cc(Nc2ccc(OC(F)(F)F)cc2)nc(-c2ccccn2)n1. The second kappa shape index (κ2) is 7.46. The fourth-order valence-corrected chi connectivity index (χ4v) is 2.39. The second-order valence-electron chi connectivity index (χ2n) is 7.12. The van der Waals surface area contributed by atoms with Gasteiger partial charge in [0.2, 0.25) is 0 Å². The van der Waals surface area contributed by atoms with Crippen LogP contribution in [0.2, 0.25) is 0 Å². The van der Waals surface area contributed by atoms with Gasteiger partial charge in [-0.25, -0.2) is 9.97 Å². The third kappa shape index (κ3) is 5.18. The van der Waals surface area contributed by atoms with Crippen molar-refractivity contribution in [3.63, 3.8) is 0 Å². The molecule has 0 aliphatic rings. The fraction of sp³-hybridized carbons (Fsp3) is 0.250. The number of hydrogen-bond donors (Lipinski definition) is 1. The van der Waals surface area contributed by atoms with Crippen LogP contribution in [-0.2, 0) is 5.41 Å². The molecule has 2 aromatic heterocycles. The number of hydrogen-bond acceptors (Lipinski definition) is 5. The van der Waals surface area contributed by atoms with E-state index in [1.54, 1.807) is 12.3 Å². The summed E-state index contributed by atoms with van der Waals surface area (Å²) >= 11 is 0. The van der Waals surface area contributed by atoms with Crippen LogP contribution >= 0.6 is 0 Å². The fourth-order valence-electron chi connectivity index (χ4n) is 2.39. The van der Waals surface area contributed by atoms with Crippen LogP contribution in [0.5, 0.6) is 5.75 Å². The molecule has 0 spiro atoms. The maximum absolute atomic E-state index is 12.3. The summed E-state index contributed by atoms with van der Waals surface area (Å²) in [4.78, 5) is 13.4. The predicted molar refractivity (Wildman–Crippen MR) is 100 cm³/mol. The molecule has 3 aromatic rings. The highest BCUT2D eigenvalue weighted by Crippen LogP contribution is 2.28. The van der Waals surface area contributed by atoms with E-state index >= 15 is 0 Å². The van der Waals surface area contributed by atoms with E-state index in [2.05, 4.69) is 25.0 Å². The highest BCUT2D eigenvalue weighted by Gasteiger charge is 2.31. The Balaban J connectivity index is 1.91. The van der Waals surface area contributed by atoms with E-state index in [1.165, 1.54) is 24.3 Å². The number of ether oxygens (including phenoxy) is 1. The first-order valence-electron chi connectivity index (χ1n) is 8.54. The summed E-state index contributed by atoms with van der Waals surface area (Å²) in [5, 5.41) is 3.10. The van der Waals surface area contributed by atoms with Gasteiger partial charge < -0.3 is 10.1 Å². The van der Waals surface area contributed by atoms with E-state index in [0.29, 0.717) is 23.0 Å². The molecule has 5 nitrogen and oxygen atoms in total. The van der Waals surface area contributed by atoms with E-state index in [4.69, 9.17) is 0 Å². The summed E-state index contributed by atoms with van der Waals surface area (Å²) in [7, 11) is 0. The van der Waals surface area contributed by atoms with Gasteiger partial charge in [-0.05, 0) is 36.4 Å². The average Bonchev–Trinajstić information content (AvgIpc) is 2.62. The van der Waals surface area contributed by atoms with E-state index in [1.807, 2.05) is 39.0 Å². The molecular formula is C20H19F3N4O.